The van der Waals surface area contributed by atoms with E-state index in [0.29, 0.717) is 0 Å². The van der Waals surface area contributed by atoms with Crippen molar-refractivity contribution in [3.8, 4) is 0 Å². The zero-order valence-electron chi connectivity index (χ0n) is 13.5. The van der Waals surface area contributed by atoms with Crippen LogP contribution >= 0.6 is 0 Å². The number of carboxylic acids is 1. The van der Waals surface area contributed by atoms with E-state index in [1.165, 1.54) is 0 Å². The van der Waals surface area contributed by atoms with Gasteiger partial charge in [-0.2, -0.15) is 0 Å². The van der Waals surface area contributed by atoms with E-state index in [1.54, 1.807) is 20.8 Å². The van der Waals surface area contributed by atoms with Crippen LogP contribution in [-0.4, -0.2) is 22.8 Å². The molecule has 2 N–H and O–H groups in total. The summed E-state index contributed by atoms with van der Waals surface area (Å²) in [6, 6.07) is 12.8. The van der Waals surface area contributed by atoms with Gasteiger partial charge in [0.15, 0.2) is 0 Å². The Bertz CT molecular complexity index is 718. The molecule has 0 aromatic heterocycles. The largest absolute Gasteiger partial charge is 0.481 e. The minimum atomic E-state index is -0.987. The predicted octanol–water partition coefficient (Wildman–Crippen LogP) is 3.88. The molecule has 0 spiro atoms. The highest BCUT2D eigenvalue weighted by Gasteiger charge is 2.22. The Morgan fingerprint density at radius 3 is 2.39 bits per heavy atom. The molecule has 0 fully saturated rings. The molecule has 0 aliphatic carbocycles. The first kappa shape index (κ1) is 16.8. The molecule has 23 heavy (non-hydrogen) atoms. The van der Waals surface area contributed by atoms with E-state index in [4.69, 9.17) is 9.84 Å². The molecule has 0 saturated heterocycles. The smallest absolute Gasteiger partial charge is 0.408 e. The second kappa shape index (κ2) is 6.69. The lowest BCUT2D eigenvalue weighted by atomic mass is 10.00. The van der Waals surface area contributed by atoms with Crippen molar-refractivity contribution in [2.45, 2.75) is 38.8 Å². The summed E-state index contributed by atoms with van der Waals surface area (Å²) in [7, 11) is 0. The minimum Gasteiger partial charge on any atom is -0.481 e. The van der Waals surface area contributed by atoms with E-state index in [-0.39, 0.29) is 6.42 Å². The second-order valence-electron chi connectivity index (χ2n) is 6.40. The van der Waals surface area contributed by atoms with Crippen molar-refractivity contribution in [2.24, 2.45) is 0 Å². The van der Waals surface area contributed by atoms with Crippen molar-refractivity contribution in [2.75, 3.05) is 0 Å². The maximum atomic E-state index is 12.0. The number of hydrogen-bond acceptors (Lipinski definition) is 3. The number of carbonyl (C=O) groups excluding carboxylic acids is 1. The molecule has 5 heteroatoms. The van der Waals surface area contributed by atoms with Gasteiger partial charge < -0.3 is 15.2 Å². The molecule has 1 atom stereocenters. The van der Waals surface area contributed by atoms with E-state index < -0.39 is 23.7 Å². The predicted molar refractivity (Wildman–Crippen MR) is 88.3 cm³/mol. The van der Waals surface area contributed by atoms with Gasteiger partial charge in [-0.1, -0.05) is 36.4 Å². The van der Waals surface area contributed by atoms with Gasteiger partial charge in [0.25, 0.3) is 0 Å². The SMILES string of the molecule is CC(C)(C)OC(=O)N[C@@H](CC(=O)O)c1ccc2ccccc2c1. The number of benzene rings is 2. The van der Waals surface area contributed by atoms with Gasteiger partial charge in [-0.05, 0) is 43.2 Å². The summed E-state index contributed by atoms with van der Waals surface area (Å²) in [4.78, 5) is 23.1. The third kappa shape index (κ3) is 4.98. The number of alkyl carbamates (subject to hydrolysis) is 1. The van der Waals surface area contributed by atoms with Crippen LogP contribution in [0.2, 0.25) is 0 Å². The van der Waals surface area contributed by atoms with Crippen molar-refractivity contribution >= 4 is 22.8 Å². The highest BCUT2D eigenvalue weighted by atomic mass is 16.6. The van der Waals surface area contributed by atoms with E-state index >= 15 is 0 Å². The zero-order valence-corrected chi connectivity index (χ0v) is 13.5. The number of aliphatic carboxylic acids is 1. The van der Waals surface area contributed by atoms with Crippen LogP contribution in [0, 0.1) is 0 Å². The minimum absolute atomic E-state index is 0.211. The first-order valence-corrected chi connectivity index (χ1v) is 7.44. The first-order chi connectivity index (χ1) is 10.7. The van der Waals surface area contributed by atoms with Crippen LogP contribution in [0.15, 0.2) is 42.5 Å². The molecule has 0 bridgehead atoms. The highest BCUT2D eigenvalue weighted by Crippen LogP contribution is 2.23. The maximum Gasteiger partial charge on any atom is 0.408 e. The average molecular weight is 315 g/mol. The van der Waals surface area contributed by atoms with Crippen molar-refractivity contribution in [1.82, 2.24) is 5.32 Å². The maximum absolute atomic E-state index is 12.0. The Balaban J connectivity index is 2.25. The van der Waals surface area contributed by atoms with E-state index in [2.05, 4.69) is 5.32 Å². The van der Waals surface area contributed by atoms with Crippen molar-refractivity contribution in [3.63, 3.8) is 0 Å². The molecule has 0 unspecified atom stereocenters. The summed E-state index contributed by atoms with van der Waals surface area (Å²) < 4.78 is 5.22. The average Bonchev–Trinajstić information content (AvgIpc) is 2.43. The van der Waals surface area contributed by atoms with Crippen LogP contribution in [0.3, 0.4) is 0 Å². The van der Waals surface area contributed by atoms with Crippen LogP contribution in [-0.2, 0) is 9.53 Å². The number of hydrogen-bond donors (Lipinski definition) is 2. The normalized spacial score (nSPS) is 12.7. The van der Waals surface area contributed by atoms with Crippen LogP contribution < -0.4 is 5.32 Å². The fourth-order valence-corrected chi connectivity index (χ4v) is 2.30. The lowest BCUT2D eigenvalue weighted by Gasteiger charge is -2.23. The molecular weight excluding hydrogens is 294 g/mol. The molecule has 0 radical (unpaired) electrons. The molecule has 2 rings (SSSR count). The lowest BCUT2D eigenvalue weighted by molar-refractivity contribution is -0.137. The van der Waals surface area contributed by atoms with E-state index in [0.717, 1.165) is 16.3 Å². The number of fused-ring (bicyclic) bond motifs is 1. The fourth-order valence-electron chi connectivity index (χ4n) is 2.30. The zero-order chi connectivity index (χ0) is 17.0. The Hall–Kier alpha value is -2.56. The first-order valence-electron chi connectivity index (χ1n) is 7.44. The van der Waals surface area contributed by atoms with Crippen LogP contribution in [0.25, 0.3) is 10.8 Å². The summed E-state index contributed by atoms with van der Waals surface area (Å²) >= 11 is 0. The van der Waals surface area contributed by atoms with Crippen molar-refractivity contribution < 1.29 is 19.4 Å². The molecule has 122 valence electrons. The summed E-state index contributed by atoms with van der Waals surface area (Å²) in [6.45, 7) is 5.28. The third-order valence-electron chi connectivity index (χ3n) is 3.25. The number of amides is 1. The second-order valence-corrected chi connectivity index (χ2v) is 6.40. The quantitative estimate of drug-likeness (QED) is 0.897. The molecule has 1 amide bonds. The Morgan fingerprint density at radius 1 is 1.13 bits per heavy atom. The summed E-state index contributed by atoms with van der Waals surface area (Å²) in [5.74, 6) is -0.987. The van der Waals surface area contributed by atoms with Gasteiger partial charge in [0.05, 0.1) is 12.5 Å². The Labute approximate surface area is 135 Å². The summed E-state index contributed by atoms with van der Waals surface area (Å²) in [5, 5.41) is 13.8. The van der Waals surface area contributed by atoms with Gasteiger partial charge in [-0.15, -0.1) is 0 Å². The van der Waals surface area contributed by atoms with Gasteiger partial charge >= 0.3 is 12.1 Å². The number of carboxylic acid groups (broad SMARTS) is 1. The molecule has 0 aliphatic heterocycles. The molecule has 2 aromatic rings. The standard InChI is InChI=1S/C18H21NO4/c1-18(2,3)23-17(22)19-15(11-16(20)21)14-9-8-12-6-4-5-7-13(12)10-14/h4-10,15H,11H2,1-3H3,(H,19,22)(H,20,21)/t15-/m0/s1. The van der Waals surface area contributed by atoms with E-state index in [9.17, 15) is 9.59 Å². The molecule has 0 heterocycles. The van der Waals surface area contributed by atoms with Crippen LogP contribution in [0.1, 0.15) is 38.8 Å². The number of rotatable bonds is 4. The Morgan fingerprint density at radius 2 is 1.78 bits per heavy atom. The summed E-state index contributed by atoms with van der Waals surface area (Å²) in [6.07, 6.45) is -0.839. The summed E-state index contributed by atoms with van der Waals surface area (Å²) in [5.41, 5.74) is 0.0956. The Kier molecular flexibility index (Phi) is 4.89. The lowest BCUT2D eigenvalue weighted by Crippen LogP contribution is -2.35. The monoisotopic (exact) mass is 315 g/mol. The van der Waals surface area contributed by atoms with Gasteiger partial charge in [-0.3, -0.25) is 4.79 Å². The van der Waals surface area contributed by atoms with Gasteiger partial charge in [-0.25, -0.2) is 4.79 Å². The van der Waals surface area contributed by atoms with Gasteiger partial charge in [0.1, 0.15) is 5.60 Å². The fraction of sp³-hybridized carbons (Fsp3) is 0.333. The number of nitrogens with one attached hydrogen (secondary N) is 1. The third-order valence-corrected chi connectivity index (χ3v) is 3.25. The van der Waals surface area contributed by atoms with Crippen LogP contribution in [0.5, 0.6) is 0 Å². The topological polar surface area (TPSA) is 75.6 Å². The molecule has 5 nitrogen and oxygen atoms in total. The molecule has 0 saturated carbocycles. The van der Waals surface area contributed by atoms with Crippen molar-refractivity contribution in [3.05, 3.63) is 48.0 Å². The number of ether oxygens (including phenoxy) is 1. The van der Waals surface area contributed by atoms with Crippen LogP contribution in [0.4, 0.5) is 4.79 Å². The van der Waals surface area contributed by atoms with Gasteiger partial charge in [0.2, 0.25) is 0 Å². The number of carbonyl (C=O) groups is 2. The molecular formula is C18H21NO4. The van der Waals surface area contributed by atoms with E-state index in [1.807, 2.05) is 42.5 Å². The van der Waals surface area contributed by atoms with Crippen molar-refractivity contribution in [1.29, 1.82) is 0 Å². The molecule has 2 aromatic carbocycles. The molecule has 0 aliphatic rings. The van der Waals surface area contributed by atoms with Gasteiger partial charge in [0, 0.05) is 0 Å². The highest BCUT2D eigenvalue weighted by molar-refractivity contribution is 5.83.